The molecule has 2 heterocycles. The number of carbonyl (C=O) groups is 1. The van der Waals surface area contributed by atoms with Crippen LogP contribution in [0, 0.1) is 5.82 Å². The smallest absolute Gasteiger partial charge is 0.337 e. The molecule has 0 bridgehead atoms. The molecular weight excluding hydrogens is 401 g/mol. The lowest BCUT2D eigenvalue weighted by Crippen LogP contribution is -2.25. The summed E-state index contributed by atoms with van der Waals surface area (Å²) in [4.78, 5) is 11.6. The van der Waals surface area contributed by atoms with Gasteiger partial charge in [-0.25, -0.2) is 9.18 Å². The van der Waals surface area contributed by atoms with Gasteiger partial charge in [-0.1, -0.05) is 6.92 Å². The first-order chi connectivity index (χ1) is 14.9. The highest BCUT2D eigenvalue weighted by atomic mass is 19.1. The third-order valence-corrected chi connectivity index (χ3v) is 6.06. The second kappa shape index (κ2) is 8.72. The van der Waals surface area contributed by atoms with Crippen molar-refractivity contribution >= 4 is 22.6 Å². The summed E-state index contributed by atoms with van der Waals surface area (Å²) < 4.78 is 22.6. The number of nitrogens with zero attached hydrogens (tertiary/aromatic N) is 1. The van der Waals surface area contributed by atoms with Crippen molar-refractivity contribution in [2.45, 2.75) is 39.2 Å². The molecular formula is C23H28FN3O4. The summed E-state index contributed by atoms with van der Waals surface area (Å²) in [6.07, 6.45) is 2.92. The highest BCUT2D eigenvalue weighted by Gasteiger charge is 2.28. The molecule has 0 saturated heterocycles. The molecule has 4 N–H and O–H groups in total. The Morgan fingerprint density at radius 1 is 1.35 bits per heavy atom. The lowest BCUT2D eigenvalue weighted by Gasteiger charge is -2.21. The number of fused-ring (bicyclic) bond motifs is 4. The van der Waals surface area contributed by atoms with Crippen LogP contribution in [0.3, 0.4) is 0 Å². The predicted octanol–water partition coefficient (Wildman–Crippen LogP) is 3.34. The third-order valence-electron chi connectivity index (χ3n) is 6.06. The van der Waals surface area contributed by atoms with Crippen LogP contribution in [0.2, 0.25) is 0 Å². The van der Waals surface area contributed by atoms with Crippen molar-refractivity contribution in [2.75, 3.05) is 19.9 Å². The van der Waals surface area contributed by atoms with Crippen LogP contribution in [-0.4, -0.2) is 40.6 Å². The summed E-state index contributed by atoms with van der Waals surface area (Å²) >= 11 is 0. The number of rotatable bonds is 5. The van der Waals surface area contributed by atoms with Crippen molar-refractivity contribution < 1.29 is 24.1 Å². The monoisotopic (exact) mass is 429 g/mol. The van der Waals surface area contributed by atoms with Crippen molar-refractivity contribution in [3.05, 3.63) is 51.7 Å². The number of carboxylic acids is 1. The fourth-order valence-corrected chi connectivity index (χ4v) is 4.52. The number of hydrogen-bond donors (Lipinski definition) is 4. The fraction of sp³-hybridized carbons (Fsp3) is 0.435. The van der Waals surface area contributed by atoms with E-state index in [0.29, 0.717) is 48.2 Å². The maximum Gasteiger partial charge on any atom is 0.337 e. The quantitative estimate of drug-likeness (QED) is 0.545. The van der Waals surface area contributed by atoms with E-state index in [0.717, 1.165) is 29.6 Å². The zero-order valence-electron chi connectivity index (χ0n) is 17.8. The molecule has 4 rings (SSSR count). The van der Waals surface area contributed by atoms with E-state index in [1.165, 1.54) is 6.07 Å². The van der Waals surface area contributed by atoms with E-state index in [2.05, 4.69) is 17.6 Å². The molecule has 0 unspecified atom stereocenters. The van der Waals surface area contributed by atoms with Crippen molar-refractivity contribution in [3.8, 4) is 0 Å². The number of aryl methyl sites for hydroxylation is 2. The van der Waals surface area contributed by atoms with Crippen LogP contribution in [0.15, 0.2) is 29.0 Å². The molecule has 166 valence electrons. The Bertz CT molecular complexity index is 1100. The Kier molecular flexibility index (Phi) is 6.02. The van der Waals surface area contributed by atoms with Crippen molar-refractivity contribution in [2.24, 2.45) is 7.05 Å². The van der Waals surface area contributed by atoms with Gasteiger partial charge in [0.1, 0.15) is 23.9 Å². The minimum absolute atomic E-state index is 0.0724. The van der Waals surface area contributed by atoms with E-state index in [-0.39, 0.29) is 30.5 Å². The summed E-state index contributed by atoms with van der Waals surface area (Å²) in [5, 5.41) is 27.6. The van der Waals surface area contributed by atoms with E-state index in [4.69, 9.17) is 4.74 Å². The maximum atomic E-state index is 15.3. The third kappa shape index (κ3) is 3.81. The molecule has 0 radical (unpaired) electrons. The summed E-state index contributed by atoms with van der Waals surface area (Å²) in [5.74, 6) is -1.86. The average molecular weight is 429 g/mol. The number of aliphatic hydroxyl groups is 1. The Labute approximate surface area is 180 Å². The number of benzene rings is 1. The first-order valence-electron chi connectivity index (χ1n) is 10.6. The molecule has 0 saturated carbocycles. The minimum atomic E-state index is -1.22. The number of ether oxygens (including phenoxy) is 1. The van der Waals surface area contributed by atoms with Crippen LogP contribution in [0.1, 0.15) is 43.0 Å². The lowest BCUT2D eigenvalue weighted by molar-refractivity contribution is -0.133. The minimum Gasteiger partial charge on any atom is -0.507 e. The Morgan fingerprint density at radius 3 is 2.90 bits per heavy atom. The first-order valence-corrected chi connectivity index (χ1v) is 10.6. The van der Waals surface area contributed by atoms with Gasteiger partial charge in [-0.15, -0.1) is 0 Å². The van der Waals surface area contributed by atoms with E-state index in [9.17, 15) is 15.0 Å². The molecule has 2 aliphatic rings. The number of nitrogens with one attached hydrogen (secondary N) is 2. The van der Waals surface area contributed by atoms with Crippen molar-refractivity contribution in [1.82, 2.24) is 15.2 Å². The van der Waals surface area contributed by atoms with Gasteiger partial charge in [0.25, 0.3) is 0 Å². The Morgan fingerprint density at radius 2 is 2.16 bits per heavy atom. The van der Waals surface area contributed by atoms with Gasteiger partial charge in [-0.3, -0.25) is 0 Å². The van der Waals surface area contributed by atoms with E-state index >= 15 is 4.39 Å². The lowest BCUT2D eigenvalue weighted by atomic mass is 9.96. The molecule has 1 aliphatic carbocycles. The van der Waals surface area contributed by atoms with Crippen LogP contribution < -0.4 is 10.6 Å². The molecule has 1 aromatic carbocycles. The van der Waals surface area contributed by atoms with E-state index in [1.54, 1.807) is 0 Å². The number of hydrogen-bond acceptors (Lipinski definition) is 5. The molecule has 0 fully saturated rings. The highest BCUT2D eigenvalue weighted by Crippen LogP contribution is 2.38. The van der Waals surface area contributed by atoms with Gasteiger partial charge in [0.2, 0.25) is 0 Å². The number of halogens is 1. The van der Waals surface area contributed by atoms with Gasteiger partial charge < -0.3 is 30.2 Å². The fourth-order valence-electron chi connectivity index (χ4n) is 4.52. The molecule has 8 heteroatoms. The van der Waals surface area contributed by atoms with Crippen molar-refractivity contribution in [3.63, 3.8) is 0 Å². The number of carboxylic acid groups (broad SMARTS) is 1. The second-order valence-electron chi connectivity index (χ2n) is 8.03. The Balaban J connectivity index is 1.91. The van der Waals surface area contributed by atoms with Crippen LogP contribution >= 0.6 is 0 Å². The van der Waals surface area contributed by atoms with Crippen LogP contribution in [0.4, 0.5) is 4.39 Å². The van der Waals surface area contributed by atoms with Crippen LogP contribution in [-0.2, 0) is 29.5 Å². The van der Waals surface area contributed by atoms with Crippen LogP contribution in [0.5, 0.6) is 0 Å². The standard InChI is InChI=1S/C23H28FN3O4/c1-3-7-25-10-13-8-17-14-5-4-6-15-20(16(14)9-19(24)21(17)27(13)2)26-12-31-11-18(22(15)28)23(29)30/h8-9,25-26,28H,3-7,10-12H2,1-2H3,(H,29,30)/b22-18-. The Hall–Kier alpha value is -2.84. The number of aromatic nitrogens is 1. The van der Waals surface area contributed by atoms with E-state index < -0.39 is 5.97 Å². The second-order valence-corrected chi connectivity index (χ2v) is 8.03. The first kappa shape index (κ1) is 21.4. The molecule has 7 nitrogen and oxygen atoms in total. The molecule has 0 atom stereocenters. The number of aliphatic hydroxyl groups excluding tert-OH is 1. The van der Waals surface area contributed by atoms with Crippen LogP contribution in [0.25, 0.3) is 16.6 Å². The maximum absolute atomic E-state index is 15.3. The molecule has 1 aliphatic heterocycles. The van der Waals surface area contributed by atoms with Gasteiger partial charge in [-0.2, -0.15) is 0 Å². The molecule has 0 spiro atoms. The predicted molar refractivity (Wildman–Crippen MR) is 116 cm³/mol. The van der Waals surface area contributed by atoms with Gasteiger partial charge in [-0.05, 0) is 49.9 Å². The highest BCUT2D eigenvalue weighted by molar-refractivity contribution is 5.93. The molecule has 31 heavy (non-hydrogen) atoms. The molecule has 2 aromatic rings. The largest absolute Gasteiger partial charge is 0.507 e. The number of aliphatic carboxylic acids is 1. The summed E-state index contributed by atoms with van der Waals surface area (Å²) in [6.45, 7) is 3.52. The normalized spacial score (nSPS) is 19.3. The van der Waals surface area contributed by atoms with Gasteiger partial charge in [0.05, 0.1) is 17.8 Å². The summed E-state index contributed by atoms with van der Waals surface area (Å²) in [5.41, 5.74) is 4.07. The van der Waals surface area contributed by atoms with Gasteiger partial charge in [0, 0.05) is 35.8 Å². The molecule has 0 amide bonds. The summed E-state index contributed by atoms with van der Waals surface area (Å²) in [7, 11) is 1.87. The molecule has 1 aromatic heterocycles. The van der Waals surface area contributed by atoms with Crippen molar-refractivity contribution in [1.29, 1.82) is 0 Å². The average Bonchev–Trinajstić information content (AvgIpc) is 2.94. The number of allylic oxidation sites excluding steroid dienone is 1. The summed E-state index contributed by atoms with van der Waals surface area (Å²) in [6, 6.07) is 3.52. The van der Waals surface area contributed by atoms with Gasteiger partial charge >= 0.3 is 5.97 Å². The van der Waals surface area contributed by atoms with E-state index in [1.807, 2.05) is 17.7 Å². The topological polar surface area (TPSA) is 95.8 Å². The SMILES string of the molecule is CCCNCc1cc2c3c(cc(F)c2n1C)C1=C(CCC3)/C(O)=C(/C(=O)O)COCN1. The zero-order chi connectivity index (χ0) is 22.1. The zero-order valence-corrected chi connectivity index (χ0v) is 17.8. The van der Waals surface area contributed by atoms with Gasteiger partial charge in [0.15, 0.2) is 0 Å².